The van der Waals surface area contributed by atoms with Gasteiger partial charge in [-0.2, -0.15) is 17.9 Å². The van der Waals surface area contributed by atoms with Crippen LogP contribution < -0.4 is 0 Å². The Labute approximate surface area is 151 Å². The SMILES string of the molecule is O=C(O)C1CCCN(Cc2nnnn2-c2ccc(Cl)cc2C(F)(F)F)C1. The maximum atomic E-state index is 13.3. The van der Waals surface area contributed by atoms with Gasteiger partial charge in [-0.3, -0.25) is 9.69 Å². The summed E-state index contributed by atoms with van der Waals surface area (Å²) in [6.07, 6.45) is -3.36. The molecule has 1 saturated heterocycles. The third-order valence-electron chi connectivity index (χ3n) is 4.25. The van der Waals surface area contributed by atoms with E-state index in [9.17, 15) is 18.0 Å². The Bertz CT molecular complexity index is 811. The van der Waals surface area contributed by atoms with Gasteiger partial charge in [0.2, 0.25) is 0 Å². The number of likely N-dealkylation sites (tertiary alicyclic amines) is 1. The Balaban J connectivity index is 1.89. The molecule has 26 heavy (non-hydrogen) atoms. The molecule has 1 unspecified atom stereocenters. The monoisotopic (exact) mass is 389 g/mol. The second kappa shape index (κ2) is 7.20. The van der Waals surface area contributed by atoms with Crippen LogP contribution in [0.5, 0.6) is 0 Å². The van der Waals surface area contributed by atoms with E-state index < -0.39 is 23.6 Å². The maximum absolute atomic E-state index is 13.3. The molecule has 1 aliphatic rings. The van der Waals surface area contributed by atoms with E-state index in [4.69, 9.17) is 16.7 Å². The number of halogens is 4. The molecule has 0 spiro atoms. The summed E-state index contributed by atoms with van der Waals surface area (Å²) in [5, 5.41) is 20.1. The average molecular weight is 390 g/mol. The smallest absolute Gasteiger partial charge is 0.418 e. The molecular weight excluding hydrogens is 375 g/mol. The fourth-order valence-electron chi connectivity index (χ4n) is 3.01. The van der Waals surface area contributed by atoms with Crippen LogP contribution in [0.3, 0.4) is 0 Å². The molecule has 2 aromatic rings. The lowest BCUT2D eigenvalue weighted by Gasteiger charge is -2.30. The lowest BCUT2D eigenvalue weighted by molar-refractivity contribution is -0.143. The van der Waals surface area contributed by atoms with Crippen molar-refractivity contribution in [3.8, 4) is 5.69 Å². The molecule has 1 aromatic heterocycles. The fourth-order valence-corrected chi connectivity index (χ4v) is 3.18. The molecule has 1 aromatic carbocycles. The van der Waals surface area contributed by atoms with Gasteiger partial charge in [-0.25, -0.2) is 0 Å². The Morgan fingerprint density at radius 1 is 1.38 bits per heavy atom. The Kier molecular flexibility index (Phi) is 5.15. The number of piperidine rings is 1. The summed E-state index contributed by atoms with van der Waals surface area (Å²) in [7, 11) is 0. The summed E-state index contributed by atoms with van der Waals surface area (Å²) >= 11 is 5.70. The molecule has 0 saturated carbocycles. The van der Waals surface area contributed by atoms with E-state index in [-0.39, 0.29) is 23.1 Å². The molecule has 2 heterocycles. The largest absolute Gasteiger partial charge is 0.481 e. The Hall–Kier alpha value is -2.20. The highest BCUT2D eigenvalue weighted by Gasteiger charge is 2.35. The van der Waals surface area contributed by atoms with Crippen molar-refractivity contribution in [2.24, 2.45) is 5.92 Å². The molecule has 1 atom stereocenters. The first-order chi connectivity index (χ1) is 12.3. The van der Waals surface area contributed by atoms with E-state index in [1.54, 1.807) is 0 Å². The van der Waals surface area contributed by atoms with E-state index in [2.05, 4.69) is 15.5 Å². The number of alkyl halides is 3. The minimum absolute atomic E-state index is 0.0453. The van der Waals surface area contributed by atoms with E-state index in [1.807, 2.05) is 4.90 Å². The van der Waals surface area contributed by atoms with E-state index in [0.717, 1.165) is 10.7 Å². The highest BCUT2D eigenvalue weighted by molar-refractivity contribution is 6.30. The molecule has 0 radical (unpaired) electrons. The molecule has 11 heteroatoms. The second-order valence-corrected chi connectivity index (χ2v) is 6.52. The van der Waals surface area contributed by atoms with Crippen LogP contribution in [-0.4, -0.2) is 49.3 Å². The fraction of sp³-hybridized carbons (Fsp3) is 0.467. The zero-order chi connectivity index (χ0) is 18.9. The van der Waals surface area contributed by atoms with Crippen LogP contribution in [0.25, 0.3) is 5.69 Å². The van der Waals surface area contributed by atoms with Gasteiger partial charge in [0.05, 0.1) is 23.7 Å². The lowest BCUT2D eigenvalue weighted by Crippen LogP contribution is -2.38. The van der Waals surface area contributed by atoms with Gasteiger partial charge in [-0.1, -0.05) is 11.6 Å². The lowest BCUT2D eigenvalue weighted by atomic mass is 9.98. The number of hydrogen-bond acceptors (Lipinski definition) is 5. The van der Waals surface area contributed by atoms with Crippen molar-refractivity contribution in [3.05, 3.63) is 34.6 Å². The van der Waals surface area contributed by atoms with Crippen LogP contribution in [0.2, 0.25) is 5.02 Å². The topological polar surface area (TPSA) is 84.1 Å². The van der Waals surface area contributed by atoms with Gasteiger partial charge >= 0.3 is 12.1 Å². The van der Waals surface area contributed by atoms with Crippen molar-refractivity contribution in [2.75, 3.05) is 13.1 Å². The second-order valence-electron chi connectivity index (χ2n) is 6.08. The third kappa shape index (κ3) is 3.96. The zero-order valence-corrected chi connectivity index (χ0v) is 14.2. The summed E-state index contributed by atoms with van der Waals surface area (Å²) in [4.78, 5) is 13.0. The summed E-state index contributed by atoms with van der Waals surface area (Å²) in [5.74, 6) is -1.19. The highest BCUT2D eigenvalue weighted by Crippen LogP contribution is 2.35. The van der Waals surface area contributed by atoms with Gasteiger partial charge in [0.25, 0.3) is 0 Å². The van der Waals surface area contributed by atoms with Gasteiger partial charge in [-0.05, 0) is 48.0 Å². The number of nitrogens with zero attached hydrogens (tertiary/aromatic N) is 5. The summed E-state index contributed by atoms with van der Waals surface area (Å²) in [6, 6.07) is 3.36. The quantitative estimate of drug-likeness (QED) is 0.865. The molecule has 0 bridgehead atoms. The number of aromatic nitrogens is 4. The van der Waals surface area contributed by atoms with Gasteiger partial charge in [0.1, 0.15) is 0 Å². The number of hydrogen-bond donors (Lipinski definition) is 1. The first kappa shape index (κ1) is 18.6. The minimum Gasteiger partial charge on any atom is -0.481 e. The van der Waals surface area contributed by atoms with Crippen LogP contribution in [-0.2, 0) is 17.5 Å². The Morgan fingerprint density at radius 3 is 2.85 bits per heavy atom. The van der Waals surface area contributed by atoms with Crippen LogP contribution in [0.1, 0.15) is 24.2 Å². The Morgan fingerprint density at radius 2 is 2.15 bits per heavy atom. The average Bonchev–Trinajstić information content (AvgIpc) is 3.02. The number of tetrazole rings is 1. The van der Waals surface area contributed by atoms with Crippen molar-refractivity contribution in [2.45, 2.75) is 25.6 Å². The third-order valence-corrected chi connectivity index (χ3v) is 4.48. The molecule has 1 aliphatic heterocycles. The number of rotatable bonds is 4. The van der Waals surface area contributed by atoms with Crippen LogP contribution >= 0.6 is 11.6 Å². The van der Waals surface area contributed by atoms with Gasteiger partial charge in [0.15, 0.2) is 5.82 Å². The summed E-state index contributed by atoms with van der Waals surface area (Å²) in [6.45, 7) is 1.08. The molecule has 7 nitrogen and oxygen atoms in total. The van der Waals surface area contributed by atoms with Gasteiger partial charge in [0, 0.05) is 11.6 Å². The van der Waals surface area contributed by atoms with Crippen LogP contribution in [0.15, 0.2) is 18.2 Å². The normalized spacial score (nSPS) is 18.8. The number of carboxylic acids is 1. The van der Waals surface area contributed by atoms with Crippen molar-refractivity contribution in [1.29, 1.82) is 0 Å². The molecule has 140 valence electrons. The predicted molar refractivity (Wildman–Crippen MR) is 84.8 cm³/mol. The summed E-state index contributed by atoms with van der Waals surface area (Å²) < 4.78 is 41.0. The number of carbonyl (C=O) groups is 1. The van der Waals surface area contributed by atoms with E-state index in [0.29, 0.717) is 25.9 Å². The molecule has 1 N–H and O–H groups in total. The highest BCUT2D eigenvalue weighted by atomic mass is 35.5. The van der Waals surface area contributed by atoms with E-state index in [1.165, 1.54) is 12.1 Å². The van der Waals surface area contributed by atoms with Crippen molar-refractivity contribution < 1.29 is 23.1 Å². The van der Waals surface area contributed by atoms with Crippen molar-refractivity contribution in [1.82, 2.24) is 25.1 Å². The number of aliphatic carboxylic acids is 1. The molecule has 0 aliphatic carbocycles. The van der Waals surface area contributed by atoms with E-state index >= 15 is 0 Å². The molecule has 3 rings (SSSR count). The molecular formula is C15H15ClF3N5O2. The number of carboxylic acid groups (broad SMARTS) is 1. The minimum atomic E-state index is -4.62. The first-order valence-electron chi connectivity index (χ1n) is 7.85. The number of benzene rings is 1. The van der Waals surface area contributed by atoms with Crippen molar-refractivity contribution >= 4 is 17.6 Å². The predicted octanol–water partition coefficient (Wildman–Crippen LogP) is 2.63. The van der Waals surface area contributed by atoms with Crippen LogP contribution in [0, 0.1) is 5.92 Å². The molecule has 1 fully saturated rings. The zero-order valence-electron chi connectivity index (χ0n) is 13.4. The standard InChI is InChI=1S/C15H15ClF3N5O2/c16-10-3-4-12(11(6-10)15(17,18)19)24-13(20-21-22-24)8-23-5-1-2-9(7-23)14(25)26/h3-4,6,9H,1-2,5,7-8H2,(H,25,26). The first-order valence-corrected chi connectivity index (χ1v) is 8.23. The molecule has 0 amide bonds. The summed E-state index contributed by atoms with van der Waals surface area (Å²) in [5.41, 5.74) is -1.17. The van der Waals surface area contributed by atoms with Gasteiger partial charge in [-0.15, -0.1) is 5.10 Å². The van der Waals surface area contributed by atoms with Crippen LogP contribution in [0.4, 0.5) is 13.2 Å². The van der Waals surface area contributed by atoms with Gasteiger partial charge < -0.3 is 5.11 Å². The van der Waals surface area contributed by atoms with Crippen molar-refractivity contribution in [3.63, 3.8) is 0 Å². The maximum Gasteiger partial charge on any atom is 0.418 e.